The molecule has 2 aliphatic rings. The zero-order chi connectivity index (χ0) is 19.0. The Bertz CT molecular complexity index is 966. The van der Waals surface area contributed by atoms with Gasteiger partial charge in [-0.15, -0.1) is 0 Å². The molecule has 0 N–H and O–H groups in total. The van der Waals surface area contributed by atoms with Crippen LogP contribution in [0.5, 0.6) is 0 Å². The molecular formula is C25H30N2O. The minimum absolute atomic E-state index is 0.00392. The van der Waals surface area contributed by atoms with Crippen molar-refractivity contribution in [1.29, 1.82) is 0 Å². The predicted molar refractivity (Wildman–Crippen MR) is 114 cm³/mol. The zero-order valence-corrected chi connectivity index (χ0v) is 16.9. The van der Waals surface area contributed by atoms with Gasteiger partial charge >= 0.3 is 0 Å². The van der Waals surface area contributed by atoms with Crippen LogP contribution in [0.4, 0.5) is 0 Å². The second-order valence-corrected chi connectivity index (χ2v) is 8.52. The number of nitrogens with zero attached hydrogens (tertiary/aromatic N) is 2. The molecule has 5 rings (SSSR count). The number of ether oxygens (including phenoxy) is 1. The van der Waals surface area contributed by atoms with Crippen molar-refractivity contribution in [3.8, 4) is 0 Å². The molecule has 1 spiro atoms. The van der Waals surface area contributed by atoms with Crippen LogP contribution in [0.3, 0.4) is 0 Å². The number of aryl methyl sites for hydroxylation is 2. The van der Waals surface area contributed by atoms with Gasteiger partial charge in [-0.1, -0.05) is 42.5 Å². The maximum Gasteiger partial charge on any atom is 0.0963 e. The van der Waals surface area contributed by atoms with Crippen molar-refractivity contribution in [1.82, 2.24) is 9.47 Å². The third-order valence-corrected chi connectivity index (χ3v) is 6.83. The van der Waals surface area contributed by atoms with Crippen LogP contribution in [0.15, 0.2) is 54.7 Å². The molecule has 28 heavy (non-hydrogen) atoms. The molecule has 0 radical (unpaired) electrons. The van der Waals surface area contributed by atoms with Gasteiger partial charge in [0.25, 0.3) is 0 Å². The van der Waals surface area contributed by atoms with Crippen LogP contribution in [0, 0.1) is 0 Å². The van der Waals surface area contributed by atoms with Gasteiger partial charge in [-0.05, 0) is 61.4 Å². The summed E-state index contributed by atoms with van der Waals surface area (Å²) in [6.45, 7) is 4.31. The standard InChI is InChI=1S/C25H30N2O/c1-26-18-20(22-10-3-5-12-24(22)26)8-6-7-15-27-16-13-25(14-17-27)23-11-4-2-9-21(23)19-28-25/h2-5,9-12,18H,6-8,13-17,19H2,1H3. The molecule has 146 valence electrons. The first-order valence-corrected chi connectivity index (χ1v) is 10.7. The van der Waals surface area contributed by atoms with Crippen LogP contribution in [0.1, 0.15) is 42.4 Å². The van der Waals surface area contributed by atoms with Gasteiger partial charge in [-0.25, -0.2) is 0 Å². The number of piperidine rings is 1. The largest absolute Gasteiger partial charge is 0.365 e. The highest BCUT2D eigenvalue weighted by atomic mass is 16.5. The van der Waals surface area contributed by atoms with E-state index in [1.807, 2.05) is 0 Å². The van der Waals surface area contributed by atoms with Gasteiger partial charge in [0, 0.05) is 37.2 Å². The zero-order valence-electron chi connectivity index (χ0n) is 16.9. The highest BCUT2D eigenvalue weighted by Gasteiger charge is 2.42. The lowest BCUT2D eigenvalue weighted by Crippen LogP contribution is -2.42. The molecule has 3 nitrogen and oxygen atoms in total. The molecular weight excluding hydrogens is 344 g/mol. The van der Waals surface area contributed by atoms with Crippen LogP contribution in [0.2, 0.25) is 0 Å². The van der Waals surface area contributed by atoms with Crippen molar-refractivity contribution in [2.75, 3.05) is 19.6 Å². The number of hydrogen-bond acceptors (Lipinski definition) is 2. The Hall–Kier alpha value is -2.10. The Balaban J connectivity index is 1.12. The SMILES string of the molecule is Cn1cc(CCCCN2CCC3(CC2)OCc2ccccc23)c2ccccc21. The molecule has 2 aromatic carbocycles. The van der Waals surface area contributed by atoms with E-state index in [-0.39, 0.29) is 5.60 Å². The van der Waals surface area contributed by atoms with Crippen molar-refractivity contribution in [2.45, 2.75) is 44.3 Å². The Morgan fingerprint density at radius 2 is 1.75 bits per heavy atom. The van der Waals surface area contributed by atoms with E-state index in [4.69, 9.17) is 4.74 Å². The summed E-state index contributed by atoms with van der Waals surface area (Å²) in [5.41, 5.74) is 5.68. The van der Waals surface area contributed by atoms with Crippen molar-refractivity contribution in [3.05, 3.63) is 71.4 Å². The second kappa shape index (κ2) is 7.38. The van der Waals surface area contributed by atoms with E-state index in [1.165, 1.54) is 53.4 Å². The maximum atomic E-state index is 6.30. The number of hydrogen-bond donors (Lipinski definition) is 0. The van der Waals surface area contributed by atoms with Crippen molar-refractivity contribution in [3.63, 3.8) is 0 Å². The summed E-state index contributed by atoms with van der Waals surface area (Å²) in [5, 5.41) is 1.42. The number of unbranched alkanes of at least 4 members (excludes halogenated alkanes) is 1. The topological polar surface area (TPSA) is 17.4 Å². The molecule has 2 aliphatic heterocycles. The second-order valence-electron chi connectivity index (χ2n) is 8.52. The van der Waals surface area contributed by atoms with Gasteiger partial charge in [-0.2, -0.15) is 0 Å². The maximum absolute atomic E-state index is 6.30. The Morgan fingerprint density at radius 1 is 0.964 bits per heavy atom. The van der Waals surface area contributed by atoms with Gasteiger partial charge in [-0.3, -0.25) is 0 Å². The van der Waals surface area contributed by atoms with Crippen LogP contribution in [-0.4, -0.2) is 29.1 Å². The fraction of sp³-hybridized carbons (Fsp3) is 0.440. The van der Waals surface area contributed by atoms with Crippen molar-refractivity contribution < 1.29 is 4.74 Å². The van der Waals surface area contributed by atoms with Gasteiger partial charge in [0.1, 0.15) is 0 Å². The molecule has 3 aromatic rings. The van der Waals surface area contributed by atoms with Gasteiger partial charge in [0.2, 0.25) is 0 Å². The molecule has 1 aromatic heterocycles. The number of rotatable bonds is 5. The first-order valence-electron chi connectivity index (χ1n) is 10.7. The normalized spacial score (nSPS) is 18.8. The third kappa shape index (κ3) is 3.17. The summed E-state index contributed by atoms with van der Waals surface area (Å²) in [6, 6.07) is 17.5. The summed E-state index contributed by atoms with van der Waals surface area (Å²) in [5.74, 6) is 0. The van der Waals surface area contributed by atoms with E-state index in [0.29, 0.717) is 0 Å². The summed E-state index contributed by atoms with van der Waals surface area (Å²) >= 11 is 0. The van der Waals surface area contributed by atoms with E-state index in [0.717, 1.165) is 32.5 Å². The Kier molecular flexibility index (Phi) is 4.73. The van der Waals surface area contributed by atoms with Crippen molar-refractivity contribution >= 4 is 10.9 Å². The smallest absolute Gasteiger partial charge is 0.0963 e. The van der Waals surface area contributed by atoms with Gasteiger partial charge < -0.3 is 14.2 Å². The number of aromatic nitrogens is 1. The lowest BCUT2D eigenvalue weighted by molar-refractivity contribution is -0.0788. The highest BCUT2D eigenvalue weighted by Crippen LogP contribution is 2.43. The average Bonchev–Trinajstić information content (AvgIpc) is 3.26. The van der Waals surface area contributed by atoms with E-state index in [1.54, 1.807) is 0 Å². The highest BCUT2D eigenvalue weighted by molar-refractivity contribution is 5.83. The molecule has 0 amide bonds. The lowest BCUT2D eigenvalue weighted by atomic mass is 9.84. The van der Waals surface area contributed by atoms with Crippen molar-refractivity contribution in [2.24, 2.45) is 7.05 Å². The molecule has 0 aliphatic carbocycles. The lowest BCUT2D eigenvalue weighted by Gasteiger charge is -2.39. The van der Waals surface area contributed by atoms with E-state index >= 15 is 0 Å². The average molecular weight is 375 g/mol. The molecule has 0 bridgehead atoms. The predicted octanol–water partition coefficient (Wildman–Crippen LogP) is 5.02. The van der Waals surface area contributed by atoms with Gasteiger partial charge in [0.05, 0.1) is 12.2 Å². The van der Waals surface area contributed by atoms with Crippen LogP contribution in [-0.2, 0) is 30.4 Å². The number of fused-ring (bicyclic) bond motifs is 3. The monoisotopic (exact) mass is 374 g/mol. The molecule has 1 fully saturated rings. The Labute approximate surface area is 167 Å². The fourth-order valence-corrected chi connectivity index (χ4v) is 5.21. The molecule has 0 atom stereocenters. The summed E-state index contributed by atoms with van der Waals surface area (Å²) in [4.78, 5) is 2.64. The van der Waals surface area contributed by atoms with Crippen LogP contribution < -0.4 is 0 Å². The molecule has 1 saturated heterocycles. The van der Waals surface area contributed by atoms with Gasteiger partial charge in [0.15, 0.2) is 0 Å². The molecule has 3 heteroatoms. The quantitative estimate of drug-likeness (QED) is 0.583. The fourth-order valence-electron chi connectivity index (χ4n) is 5.21. The number of benzene rings is 2. The number of likely N-dealkylation sites (tertiary alicyclic amines) is 1. The Morgan fingerprint density at radius 3 is 2.64 bits per heavy atom. The molecule has 0 unspecified atom stereocenters. The minimum Gasteiger partial charge on any atom is -0.365 e. The van der Waals surface area contributed by atoms with Crippen LogP contribution in [0.25, 0.3) is 10.9 Å². The first-order chi connectivity index (χ1) is 13.8. The molecule has 3 heterocycles. The summed E-state index contributed by atoms with van der Waals surface area (Å²) < 4.78 is 8.56. The first kappa shape index (κ1) is 18.0. The third-order valence-electron chi connectivity index (χ3n) is 6.83. The number of para-hydroxylation sites is 1. The molecule has 0 saturated carbocycles. The summed E-state index contributed by atoms with van der Waals surface area (Å²) in [6.07, 6.45) is 8.28. The van der Waals surface area contributed by atoms with E-state index in [2.05, 4.69) is 71.2 Å². The minimum atomic E-state index is -0.00392. The van der Waals surface area contributed by atoms with E-state index in [9.17, 15) is 0 Å². The summed E-state index contributed by atoms with van der Waals surface area (Å²) in [7, 11) is 2.15. The van der Waals surface area contributed by atoms with E-state index < -0.39 is 0 Å². The van der Waals surface area contributed by atoms with Crippen LogP contribution >= 0.6 is 0 Å².